The third kappa shape index (κ3) is 5.55. The number of amides is 4. The smallest absolute Gasteiger partial charge is 0.407 e. The number of carbonyl (C=O) groups excluding carboxylic acids is 3. The van der Waals surface area contributed by atoms with Crippen molar-refractivity contribution in [3.8, 4) is 0 Å². The second-order valence-corrected chi connectivity index (χ2v) is 10.1. The predicted octanol–water partition coefficient (Wildman–Crippen LogP) is 2.40. The van der Waals surface area contributed by atoms with E-state index >= 15 is 0 Å². The Bertz CT molecular complexity index is 953. The van der Waals surface area contributed by atoms with E-state index < -0.39 is 6.09 Å². The molecule has 3 aliphatic heterocycles. The minimum Gasteiger partial charge on any atom is -0.465 e. The minimum atomic E-state index is -0.989. The molecule has 0 spiro atoms. The number of halogens is 1. The Balaban J connectivity index is 1.40. The largest absolute Gasteiger partial charge is 0.465 e. The van der Waals surface area contributed by atoms with Crippen LogP contribution in [0.3, 0.4) is 0 Å². The van der Waals surface area contributed by atoms with Crippen molar-refractivity contribution >= 4 is 35.4 Å². The summed E-state index contributed by atoms with van der Waals surface area (Å²) in [4.78, 5) is 54.6. The van der Waals surface area contributed by atoms with Gasteiger partial charge in [0.15, 0.2) is 0 Å². The zero-order valence-corrected chi connectivity index (χ0v) is 20.7. The normalized spacial score (nSPS) is 25.3. The maximum atomic E-state index is 13.5. The van der Waals surface area contributed by atoms with Crippen LogP contribution in [0, 0.1) is 11.8 Å². The van der Waals surface area contributed by atoms with E-state index in [2.05, 4.69) is 5.32 Å². The number of hydrogen-bond acceptors (Lipinski definition) is 4. The SMILES string of the molecule is CCN(C(=O)O)[C@@H]1CN(C(=O)C2CCN(C(=O)C3CCC(=O)NC3)CC2)C[C@H]1c1ccc(Cl)cc1. The fourth-order valence-electron chi connectivity index (χ4n) is 5.64. The fourth-order valence-corrected chi connectivity index (χ4v) is 5.76. The van der Waals surface area contributed by atoms with Gasteiger partial charge in [0.25, 0.3) is 0 Å². The van der Waals surface area contributed by atoms with E-state index in [-0.39, 0.29) is 41.5 Å². The van der Waals surface area contributed by atoms with Crippen LogP contribution in [0.25, 0.3) is 0 Å². The molecule has 0 radical (unpaired) electrons. The van der Waals surface area contributed by atoms with E-state index in [1.165, 1.54) is 4.90 Å². The third-order valence-corrected chi connectivity index (χ3v) is 7.91. The van der Waals surface area contributed by atoms with Crippen LogP contribution in [-0.2, 0) is 14.4 Å². The van der Waals surface area contributed by atoms with Crippen molar-refractivity contribution in [2.45, 2.75) is 44.6 Å². The monoisotopic (exact) mass is 504 g/mol. The second-order valence-electron chi connectivity index (χ2n) is 9.68. The molecular weight excluding hydrogens is 472 g/mol. The molecule has 1 aromatic rings. The number of likely N-dealkylation sites (N-methyl/N-ethyl adjacent to an activating group) is 1. The summed E-state index contributed by atoms with van der Waals surface area (Å²) >= 11 is 6.05. The Morgan fingerprint density at radius 1 is 1.03 bits per heavy atom. The molecule has 35 heavy (non-hydrogen) atoms. The third-order valence-electron chi connectivity index (χ3n) is 7.66. The molecule has 1 aromatic carbocycles. The van der Waals surface area contributed by atoms with E-state index in [1.54, 1.807) is 17.0 Å². The molecule has 4 rings (SSSR count). The highest BCUT2D eigenvalue weighted by Crippen LogP contribution is 2.34. The van der Waals surface area contributed by atoms with Crippen LogP contribution in [0.5, 0.6) is 0 Å². The number of carboxylic acid groups (broad SMARTS) is 1. The van der Waals surface area contributed by atoms with Crippen LogP contribution < -0.4 is 5.32 Å². The Morgan fingerprint density at radius 2 is 1.69 bits per heavy atom. The molecule has 3 heterocycles. The number of carbonyl (C=O) groups is 4. The van der Waals surface area contributed by atoms with Gasteiger partial charge in [-0.15, -0.1) is 0 Å². The van der Waals surface area contributed by atoms with Gasteiger partial charge in [0.05, 0.1) is 12.0 Å². The summed E-state index contributed by atoms with van der Waals surface area (Å²) < 4.78 is 0. The lowest BCUT2D eigenvalue weighted by molar-refractivity contribution is -0.143. The van der Waals surface area contributed by atoms with Gasteiger partial charge in [0.1, 0.15) is 0 Å². The van der Waals surface area contributed by atoms with Crippen LogP contribution in [-0.4, -0.2) is 88.9 Å². The van der Waals surface area contributed by atoms with Crippen molar-refractivity contribution in [3.63, 3.8) is 0 Å². The maximum Gasteiger partial charge on any atom is 0.407 e. The lowest BCUT2D eigenvalue weighted by Gasteiger charge is -2.36. The average Bonchev–Trinajstić information content (AvgIpc) is 3.29. The van der Waals surface area contributed by atoms with Crippen LogP contribution >= 0.6 is 11.6 Å². The summed E-state index contributed by atoms with van der Waals surface area (Å²) in [5, 5.41) is 13.1. The molecule has 3 atom stereocenters. The van der Waals surface area contributed by atoms with Crippen LogP contribution in [0.1, 0.15) is 44.1 Å². The number of likely N-dealkylation sites (tertiary alicyclic amines) is 2. The highest BCUT2D eigenvalue weighted by Gasteiger charge is 2.43. The van der Waals surface area contributed by atoms with Gasteiger partial charge in [-0.3, -0.25) is 14.4 Å². The molecule has 3 aliphatic rings. The van der Waals surface area contributed by atoms with Crippen molar-refractivity contribution in [2.75, 3.05) is 39.3 Å². The Kier molecular flexibility index (Phi) is 7.84. The molecule has 3 saturated heterocycles. The molecule has 190 valence electrons. The van der Waals surface area contributed by atoms with Gasteiger partial charge in [0.2, 0.25) is 17.7 Å². The first-order chi connectivity index (χ1) is 16.8. The van der Waals surface area contributed by atoms with E-state index in [1.807, 2.05) is 24.0 Å². The Labute approximate surface area is 210 Å². The summed E-state index contributed by atoms with van der Waals surface area (Å²) in [7, 11) is 0. The van der Waals surface area contributed by atoms with Gasteiger partial charge < -0.3 is 25.1 Å². The van der Waals surface area contributed by atoms with Gasteiger partial charge in [-0.1, -0.05) is 23.7 Å². The topological polar surface area (TPSA) is 110 Å². The molecule has 0 saturated carbocycles. The highest BCUT2D eigenvalue weighted by molar-refractivity contribution is 6.30. The number of nitrogens with zero attached hydrogens (tertiary/aromatic N) is 3. The fraction of sp³-hybridized carbons (Fsp3) is 0.600. The standard InChI is InChI=1S/C25H33ClN4O5/c1-2-30(25(34)35)21-15-29(14-20(21)16-3-6-19(26)7-4-16)23(32)17-9-11-28(12-10-17)24(33)18-5-8-22(31)27-13-18/h3-4,6-7,17-18,20-21H,2,5,8-15H2,1H3,(H,27,31)(H,34,35)/t18?,20-,21+/m0/s1. The molecule has 0 aliphatic carbocycles. The lowest BCUT2D eigenvalue weighted by atomic mass is 9.92. The quantitative estimate of drug-likeness (QED) is 0.639. The second kappa shape index (κ2) is 10.8. The number of hydrogen-bond donors (Lipinski definition) is 2. The molecular formula is C25H33ClN4O5. The van der Waals surface area contributed by atoms with Crippen LogP contribution in [0.4, 0.5) is 4.79 Å². The molecule has 10 heteroatoms. The molecule has 9 nitrogen and oxygen atoms in total. The average molecular weight is 505 g/mol. The van der Waals surface area contributed by atoms with Gasteiger partial charge in [0, 0.05) is 62.5 Å². The molecule has 0 bridgehead atoms. The van der Waals surface area contributed by atoms with Crippen molar-refractivity contribution in [2.24, 2.45) is 11.8 Å². The summed E-state index contributed by atoms with van der Waals surface area (Å²) in [5.74, 6) is -0.422. The molecule has 4 amide bonds. The van der Waals surface area contributed by atoms with E-state index in [4.69, 9.17) is 11.6 Å². The van der Waals surface area contributed by atoms with Crippen molar-refractivity contribution in [1.29, 1.82) is 0 Å². The number of piperidine rings is 2. The maximum absolute atomic E-state index is 13.5. The molecule has 2 N–H and O–H groups in total. The summed E-state index contributed by atoms with van der Waals surface area (Å²) in [6.07, 6.45) is 1.14. The predicted molar refractivity (Wildman–Crippen MR) is 130 cm³/mol. The van der Waals surface area contributed by atoms with Crippen LogP contribution in [0.15, 0.2) is 24.3 Å². The van der Waals surface area contributed by atoms with E-state index in [0.29, 0.717) is 70.0 Å². The van der Waals surface area contributed by atoms with Gasteiger partial charge >= 0.3 is 6.09 Å². The Morgan fingerprint density at radius 3 is 2.26 bits per heavy atom. The van der Waals surface area contributed by atoms with Gasteiger partial charge in [-0.2, -0.15) is 0 Å². The van der Waals surface area contributed by atoms with Crippen molar-refractivity contribution in [1.82, 2.24) is 20.0 Å². The Hall–Kier alpha value is -2.81. The zero-order valence-electron chi connectivity index (χ0n) is 20.0. The number of benzene rings is 1. The number of rotatable bonds is 5. The van der Waals surface area contributed by atoms with Crippen LogP contribution in [0.2, 0.25) is 5.02 Å². The summed E-state index contributed by atoms with van der Waals surface area (Å²) in [6.45, 7) is 4.39. The molecule has 0 aromatic heterocycles. The first-order valence-electron chi connectivity index (χ1n) is 12.4. The summed E-state index contributed by atoms with van der Waals surface area (Å²) in [6, 6.07) is 7.06. The van der Waals surface area contributed by atoms with Gasteiger partial charge in [-0.05, 0) is 43.9 Å². The number of nitrogens with one attached hydrogen (secondary N) is 1. The zero-order chi connectivity index (χ0) is 25.1. The first-order valence-corrected chi connectivity index (χ1v) is 12.8. The highest BCUT2D eigenvalue weighted by atomic mass is 35.5. The van der Waals surface area contributed by atoms with Crippen molar-refractivity contribution < 1.29 is 24.3 Å². The summed E-state index contributed by atoms with van der Waals surface area (Å²) in [5.41, 5.74) is 0.967. The molecule has 1 unspecified atom stereocenters. The van der Waals surface area contributed by atoms with Gasteiger partial charge in [-0.25, -0.2) is 4.79 Å². The first kappa shape index (κ1) is 25.3. The minimum absolute atomic E-state index is 0.0105. The lowest BCUT2D eigenvalue weighted by Crippen LogP contribution is -2.49. The molecule has 3 fully saturated rings. The van der Waals surface area contributed by atoms with E-state index in [9.17, 15) is 24.3 Å². The van der Waals surface area contributed by atoms with E-state index in [0.717, 1.165) is 5.56 Å². The van der Waals surface area contributed by atoms with Crippen molar-refractivity contribution in [3.05, 3.63) is 34.9 Å².